The number of urea groups is 1. The predicted octanol–water partition coefficient (Wildman–Crippen LogP) is 1.42. The molecule has 0 aliphatic rings. The largest absolute Gasteiger partial charge is 0.478 e. The Hall–Kier alpha value is -2.28. The first kappa shape index (κ1) is 15.8. The summed E-state index contributed by atoms with van der Waals surface area (Å²) in [6.07, 6.45) is -0.0191. The molecule has 3 amide bonds. The molecule has 1 aromatic carbocycles. The molecule has 108 valence electrons. The lowest BCUT2D eigenvalue weighted by Crippen LogP contribution is -2.38. The van der Waals surface area contributed by atoms with E-state index in [-0.39, 0.29) is 22.7 Å². The molecule has 20 heavy (non-hydrogen) atoms. The Morgan fingerprint density at radius 3 is 2.60 bits per heavy atom. The van der Waals surface area contributed by atoms with Crippen LogP contribution in [0.3, 0.4) is 0 Å². The minimum absolute atomic E-state index is 0.0143. The third kappa shape index (κ3) is 4.43. The maximum absolute atomic E-state index is 11.7. The van der Waals surface area contributed by atoms with E-state index in [1.165, 1.54) is 18.2 Å². The molecule has 0 spiro atoms. The standard InChI is InChI=1S/C12H14ClN3O4/c1-6(5-9(14)17)15-12(20)16-8-4-2-3-7(13)10(8)11(18)19/h2-4,6H,5H2,1H3,(H2,14,17)(H,18,19)(H2,15,16,20). The summed E-state index contributed by atoms with van der Waals surface area (Å²) < 4.78 is 0. The number of carboxylic acids is 1. The van der Waals surface area contributed by atoms with Gasteiger partial charge in [0.15, 0.2) is 0 Å². The minimum atomic E-state index is -1.25. The summed E-state index contributed by atoms with van der Waals surface area (Å²) in [4.78, 5) is 33.4. The Balaban J connectivity index is 2.79. The van der Waals surface area contributed by atoms with E-state index in [0.29, 0.717) is 0 Å². The highest BCUT2D eigenvalue weighted by molar-refractivity contribution is 6.34. The van der Waals surface area contributed by atoms with Crippen molar-refractivity contribution in [3.63, 3.8) is 0 Å². The minimum Gasteiger partial charge on any atom is -0.478 e. The van der Waals surface area contributed by atoms with Gasteiger partial charge < -0.3 is 21.5 Å². The zero-order valence-electron chi connectivity index (χ0n) is 10.6. The Labute approximate surface area is 120 Å². The fourth-order valence-electron chi connectivity index (χ4n) is 1.58. The van der Waals surface area contributed by atoms with Gasteiger partial charge in [0.05, 0.1) is 10.7 Å². The molecule has 0 saturated heterocycles. The Kier molecular flexibility index (Phi) is 5.33. The number of halogens is 1. The van der Waals surface area contributed by atoms with E-state index in [9.17, 15) is 14.4 Å². The Bertz CT molecular complexity index is 548. The second-order valence-corrected chi connectivity index (χ2v) is 4.54. The molecule has 5 N–H and O–H groups in total. The van der Waals surface area contributed by atoms with Crippen molar-refractivity contribution < 1.29 is 19.5 Å². The van der Waals surface area contributed by atoms with Gasteiger partial charge >= 0.3 is 12.0 Å². The van der Waals surface area contributed by atoms with Crippen molar-refractivity contribution in [2.45, 2.75) is 19.4 Å². The smallest absolute Gasteiger partial charge is 0.339 e. The summed E-state index contributed by atoms with van der Waals surface area (Å²) in [5.41, 5.74) is 4.86. The molecule has 0 aromatic heterocycles. The van der Waals surface area contributed by atoms with E-state index < -0.39 is 23.9 Å². The van der Waals surface area contributed by atoms with Gasteiger partial charge in [-0.15, -0.1) is 0 Å². The van der Waals surface area contributed by atoms with Crippen molar-refractivity contribution in [2.75, 3.05) is 5.32 Å². The SMILES string of the molecule is CC(CC(N)=O)NC(=O)Nc1cccc(Cl)c1C(=O)O. The summed E-state index contributed by atoms with van der Waals surface area (Å²) in [7, 11) is 0. The number of nitrogens with two attached hydrogens (primary N) is 1. The number of nitrogens with one attached hydrogen (secondary N) is 2. The highest BCUT2D eigenvalue weighted by atomic mass is 35.5. The summed E-state index contributed by atoms with van der Waals surface area (Å²) >= 11 is 5.77. The average molecular weight is 300 g/mol. The van der Waals surface area contributed by atoms with Crippen LogP contribution in [-0.2, 0) is 4.79 Å². The van der Waals surface area contributed by atoms with Gasteiger partial charge in [0.25, 0.3) is 0 Å². The number of aromatic carboxylic acids is 1. The quantitative estimate of drug-likeness (QED) is 0.657. The molecule has 0 saturated carbocycles. The lowest BCUT2D eigenvalue weighted by Gasteiger charge is -2.14. The maximum Gasteiger partial charge on any atom is 0.339 e. The lowest BCUT2D eigenvalue weighted by molar-refractivity contribution is -0.118. The first-order chi connectivity index (χ1) is 9.31. The Morgan fingerprint density at radius 1 is 1.40 bits per heavy atom. The number of hydrogen-bond donors (Lipinski definition) is 4. The number of carbonyl (C=O) groups excluding carboxylic acids is 2. The predicted molar refractivity (Wildman–Crippen MR) is 73.8 cm³/mol. The van der Waals surface area contributed by atoms with Gasteiger partial charge in [-0.3, -0.25) is 4.79 Å². The third-order valence-corrected chi connectivity index (χ3v) is 2.68. The topological polar surface area (TPSA) is 122 Å². The molecule has 8 heteroatoms. The van der Waals surface area contributed by atoms with Crippen molar-refractivity contribution >= 4 is 35.2 Å². The lowest BCUT2D eigenvalue weighted by atomic mass is 10.2. The molecule has 1 atom stereocenters. The summed E-state index contributed by atoms with van der Waals surface area (Å²) in [6.45, 7) is 1.60. The normalized spacial score (nSPS) is 11.5. The van der Waals surface area contributed by atoms with Crippen LogP contribution >= 0.6 is 11.6 Å². The van der Waals surface area contributed by atoms with E-state index >= 15 is 0 Å². The van der Waals surface area contributed by atoms with Crippen LogP contribution in [0.4, 0.5) is 10.5 Å². The molecular formula is C12H14ClN3O4. The van der Waals surface area contributed by atoms with Gasteiger partial charge in [0, 0.05) is 12.5 Å². The van der Waals surface area contributed by atoms with Gasteiger partial charge in [-0.1, -0.05) is 17.7 Å². The molecule has 7 nitrogen and oxygen atoms in total. The second kappa shape index (κ2) is 6.76. The molecule has 0 fully saturated rings. The molecule has 0 heterocycles. The zero-order valence-corrected chi connectivity index (χ0v) is 11.4. The number of carboxylic acid groups (broad SMARTS) is 1. The van der Waals surface area contributed by atoms with E-state index in [4.69, 9.17) is 22.4 Å². The van der Waals surface area contributed by atoms with Crippen LogP contribution in [0.25, 0.3) is 0 Å². The number of primary amides is 1. The van der Waals surface area contributed by atoms with Crippen LogP contribution in [0.15, 0.2) is 18.2 Å². The van der Waals surface area contributed by atoms with Crippen molar-refractivity contribution in [2.24, 2.45) is 5.73 Å². The van der Waals surface area contributed by atoms with E-state index in [1.54, 1.807) is 6.92 Å². The van der Waals surface area contributed by atoms with Crippen LogP contribution in [0.1, 0.15) is 23.7 Å². The highest BCUT2D eigenvalue weighted by Crippen LogP contribution is 2.24. The van der Waals surface area contributed by atoms with Crippen LogP contribution in [-0.4, -0.2) is 29.1 Å². The number of anilines is 1. The van der Waals surface area contributed by atoms with Crippen molar-refractivity contribution in [3.8, 4) is 0 Å². The van der Waals surface area contributed by atoms with E-state index in [0.717, 1.165) is 0 Å². The number of rotatable bonds is 5. The molecule has 0 aliphatic carbocycles. The fraction of sp³-hybridized carbons (Fsp3) is 0.250. The second-order valence-electron chi connectivity index (χ2n) is 4.14. The number of hydrogen-bond acceptors (Lipinski definition) is 3. The highest BCUT2D eigenvalue weighted by Gasteiger charge is 2.17. The molecule has 0 radical (unpaired) electrons. The molecule has 1 rings (SSSR count). The molecule has 0 bridgehead atoms. The van der Waals surface area contributed by atoms with Gasteiger partial charge in [-0.05, 0) is 19.1 Å². The molecule has 0 aliphatic heterocycles. The van der Waals surface area contributed by atoms with Crippen molar-refractivity contribution in [3.05, 3.63) is 28.8 Å². The Morgan fingerprint density at radius 2 is 2.05 bits per heavy atom. The van der Waals surface area contributed by atoms with Gasteiger partial charge in [-0.25, -0.2) is 9.59 Å². The van der Waals surface area contributed by atoms with E-state index in [2.05, 4.69) is 10.6 Å². The summed E-state index contributed by atoms with van der Waals surface area (Å²) in [5.74, 6) is -1.80. The maximum atomic E-state index is 11.7. The van der Waals surface area contributed by atoms with Crippen molar-refractivity contribution in [1.82, 2.24) is 5.32 Å². The van der Waals surface area contributed by atoms with Crippen LogP contribution in [0, 0.1) is 0 Å². The average Bonchev–Trinajstić information content (AvgIpc) is 2.26. The zero-order chi connectivity index (χ0) is 15.3. The number of amides is 3. The van der Waals surface area contributed by atoms with Crippen LogP contribution in [0.5, 0.6) is 0 Å². The third-order valence-electron chi connectivity index (χ3n) is 2.36. The number of benzene rings is 1. The molecular weight excluding hydrogens is 286 g/mol. The first-order valence-electron chi connectivity index (χ1n) is 5.69. The monoisotopic (exact) mass is 299 g/mol. The molecule has 1 aromatic rings. The van der Waals surface area contributed by atoms with E-state index in [1.807, 2.05) is 0 Å². The van der Waals surface area contributed by atoms with Gasteiger partial charge in [0.2, 0.25) is 5.91 Å². The van der Waals surface area contributed by atoms with Gasteiger partial charge in [0.1, 0.15) is 5.56 Å². The van der Waals surface area contributed by atoms with Crippen LogP contribution < -0.4 is 16.4 Å². The number of carbonyl (C=O) groups is 3. The molecule has 1 unspecified atom stereocenters. The summed E-state index contributed by atoms with van der Waals surface area (Å²) in [6, 6.07) is 3.21. The summed E-state index contributed by atoms with van der Waals surface area (Å²) in [5, 5.41) is 13.9. The first-order valence-corrected chi connectivity index (χ1v) is 6.06. The van der Waals surface area contributed by atoms with Crippen LogP contribution in [0.2, 0.25) is 5.02 Å². The van der Waals surface area contributed by atoms with Gasteiger partial charge in [-0.2, -0.15) is 0 Å². The van der Waals surface area contributed by atoms with Crippen molar-refractivity contribution in [1.29, 1.82) is 0 Å². The fourth-order valence-corrected chi connectivity index (χ4v) is 1.84.